The minimum atomic E-state index is -1.09. The second kappa shape index (κ2) is 5.26. The molecule has 0 spiro atoms. The van der Waals surface area contributed by atoms with E-state index < -0.39 is 11.9 Å². The number of aryl methyl sites for hydroxylation is 1. The lowest BCUT2D eigenvalue weighted by Crippen LogP contribution is -2.33. The van der Waals surface area contributed by atoms with E-state index in [2.05, 4.69) is 5.16 Å². The molecule has 1 aromatic rings. The number of carbonyl (C=O) groups is 2. The fourth-order valence-electron chi connectivity index (χ4n) is 1.26. The van der Waals surface area contributed by atoms with Crippen LogP contribution >= 0.6 is 0 Å². The van der Waals surface area contributed by atoms with Crippen LogP contribution in [0.1, 0.15) is 11.5 Å². The molecule has 0 aliphatic carbocycles. The van der Waals surface area contributed by atoms with E-state index in [1.165, 1.54) is 4.90 Å². The highest BCUT2D eigenvalue weighted by Crippen LogP contribution is 2.06. The van der Waals surface area contributed by atoms with Crippen LogP contribution in [-0.4, -0.2) is 45.3 Å². The van der Waals surface area contributed by atoms with Gasteiger partial charge in [-0.3, -0.25) is 14.5 Å². The maximum Gasteiger partial charge on any atom is 0.317 e. The lowest BCUT2D eigenvalue weighted by molar-refractivity contribution is -0.142. The van der Waals surface area contributed by atoms with Gasteiger partial charge in [-0.1, -0.05) is 5.16 Å². The monoisotopic (exact) mass is 228 g/mol. The molecule has 7 nitrogen and oxygen atoms in total. The Morgan fingerprint density at radius 3 is 2.31 bits per heavy atom. The van der Waals surface area contributed by atoms with E-state index in [-0.39, 0.29) is 19.6 Å². The molecule has 0 radical (unpaired) electrons. The fourth-order valence-corrected chi connectivity index (χ4v) is 1.26. The summed E-state index contributed by atoms with van der Waals surface area (Å²) >= 11 is 0. The number of hydrogen-bond acceptors (Lipinski definition) is 5. The normalized spacial score (nSPS) is 10.6. The Labute approximate surface area is 91.3 Å². The van der Waals surface area contributed by atoms with Gasteiger partial charge in [0.25, 0.3) is 0 Å². The highest BCUT2D eigenvalue weighted by atomic mass is 16.5. The number of hydrogen-bond donors (Lipinski definition) is 2. The summed E-state index contributed by atoms with van der Waals surface area (Å²) in [6.45, 7) is 1.13. The van der Waals surface area contributed by atoms with Crippen LogP contribution in [0.5, 0.6) is 0 Å². The van der Waals surface area contributed by atoms with Crippen LogP contribution in [0.2, 0.25) is 0 Å². The van der Waals surface area contributed by atoms with Crippen molar-refractivity contribution in [1.29, 1.82) is 0 Å². The first-order chi connectivity index (χ1) is 7.47. The van der Waals surface area contributed by atoms with E-state index in [0.717, 1.165) is 0 Å². The first-order valence-corrected chi connectivity index (χ1v) is 4.55. The van der Waals surface area contributed by atoms with Crippen LogP contribution in [0.3, 0.4) is 0 Å². The van der Waals surface area contributed by atoms with Crippen molar-refractivity contribution < 1.29 is 24.3 Å². The lowest BCUT2D eigenvalue weighted by Gasteiger charge is -2.15. The zero-order valence-corrected chi connectivity index (χ0v) is 8.71. The molecule has 0 saturated carbocycles. The molecule has 0 saturated heterocycles. The Kier molecular flexibility index (Phi) is 4.01. The second-order valence-corrected chi connectivity index (χ2v) is 3.37. The summed E-state index contributed by atoms with van der Waals surface area (Å²) in [6.07, 6.45) is 0. The minimum Gasteiger partial charge on any atom is -0.480 e. The van der Waals surface area contributed by atoms with E-state index in [0.29, 0.717) is 11.5 Å². The first kappa shape index (κ1) is 12.2. The average Bonchev–Trinajstić information content (AvgIpc) is 2.48. The zero-order valence-electron chi connectivity index (χ0n) is 8.71. The number of aliphatic carboxylic acids is 2. The van der Waals surface area contributed by atoms with E-state index >= 15 is 0 Å². The van der Waals surface area contributed by atoms with Crippen LogP contribution in [0, 0.1) is 6.92 Å². The molecule has 88 valence electrons. The van der Waals surface area contributed by atoms with Gasteiger partial charge in [0.2, 0.25) is 0 Å². The SMILES string of the molecule is Cc1cc(CN(CC(=O)O)CC(=O)O)on1. The van der Waals surface area contributed by atoms with Crippen molar-refractivity contribution in [3.8, 4) is 0 Å². The quantitative estimate of drug-likeness (QED) is 0.703. The van der Waals surface area contributed by atoms with Crippen LogP contribution in [0.15, 0.2) is 10.6 Å². The van der Waals surface area contributed by atoms with E-state index in [1.807, 2.05) is 0 Å². The van der Waals surface area contributed by atoms with Gasteiger partial charge in [0.15, 0.2) is 5.76 Å². The van der Waals surface area contributed by atoms with Crippen LogP contribution in [0.25, 0.3) is 0 Å². The van der Waals surface area contributed by atoms with Gasteiger partial charge in [-0.25, -0.2) is 0 Å². The number of carboxylic acid groups (broad SMARTS) is 2. The third kappa shape index (κ3) is 4.09. The predicted octanol–water partition coefficient (Wildman–Crippen LogP) is -0.0458. The summed E-state index contributed by atoms with van der Waals surface area (Å²) in [4.78, 5) is 22.3. The summed E-state index contributed by atoms with van der Waals surface area (Å²) < 4.78 is 4.88. The second-order valence-electron chi connectivity index (χ2n) is 3.37. The van der Waals surface area contributed by atoms with Gasteiger partial charge in [0, 0.05) is 6.07 Å². The maximum absolute atomic E-state index is 10.5. The van der Waals surface area contributed by atoms with Crippen molar-refractivity contribution >= 4 is 11.9 Å². The highest BCUT2D eigenvalue weighted by Gasteiger charge is 2.15. The standard InChI is InChI=1S/C9H12N2O5/c1-6-2-7(16-10-6)3-11(4-8(12)13)5-9(14)15/h2H,3-5H2,1H3,(H,12,13)(H,14,15). The summed E-state index contributed by atoms with van der Waals surface area (Å²) in [7, 11) is 0. The molecular formula is C9H12N2O5. The van der Waals surface area contributed by atoms with Crippen molar-refractivity contribution in [2.45, 2.75) is 13.5 Å². The van der Waals surface area contributed by atoms with Crippen molar-refractivity contribution in [2.75, 3.05) is 13.1 Å². The lowest BCUT2D eigenvalue weighted by atomic mass is 10.3. The molecule has 0 unspecified atom stereocenters. The smallest absolute Gasteiger partial charge is 0.317 e. The van der Waals surface area contributed by atoms with Crippen LogP contribution in [0.4, 0.5) is 0 Å². The van der Waals surface area contributed by atoms with E-state index in [1.54, 1.807) is 13.0 Å². The van der Waals surface area contributed by atoms with Crippen molar-refractivity contribution in [1.82, 2.24) is 10.1 Å². The molecule has 2 N–H and O–H groups in total. The molecule has 16 heavy (non-hydrogen) atoms. The van der Waals surface area contributed by atoms with Crippen LogP contribution in [-0.2, 0) is 16.1 Å². The number of carboxylic acids is 2. The van der Waals surface area contributed by atoms with Gasteiger partial charge in [0.1, 0.15) is 0 Å². The van der Waals surface area contributed by atoms with Gasteiger partial charge in [0.05, 0.1) is 25.3 Å². The Hall–Kier alpha value is -1.89. The van der Waals surface area contributed by atoms with E-state index in [4.69, 9.17) is 14.7 Å². The Bertz CT molecular complexity index is 371. The molecule has 1 heterocycles. The summed E-state index contributed by atoms with van der Waals surface area (Å²) in [5.74, 6) is -1.73. The number of aromatic nitrogens is 1. The summed E-state index contributed by atoms with van der Waals surface area (Å²) in [6, 6.07) is 1.64. The molecule has 1 rings (SSSR count). The highest BCUT2D eigenvalue weighted by molar-refractivity contribution is 5.72. The minimum absolute atomic E-state index is 0.111. The maximum atomic E-state index is 10.5. The summed E-state index contributed by atoms with van der Waals surface area (Å²) in [5.41, 5.74) is 0.667. The Morgan fingerprint density at radius 2 is 1.94 bits per heavy atom. The van der Waals surface area contributed by atoms with Gasteiger partial charge in [-0.2, -0.15) is 0 Å². The molecule has 0 atom stereocenters. The van der Waals surface area contributed by atoms with Gasteiger partial charge < -0.3 is 14.7 Å². The number of nitrogens with zero attached hydrogens (tertiary/aromatic N) is 2. The zero-order chi connectivity index (χ0) is 12.1. The van der Waals surface area contributed by atoms with Gasteiger partial charge in [-0.15, -0.1) is 0 Å². The molecule has 0 aliphatic rings. The predicted molar refractivity (Wildman–Crippen MR) is 51.8 cm³/mol. The molecule has 0 fully saturated rings. The molecule has 0 bridgehead atoms. The molecule has 0 aliphatic heterocycles. The van der Waals surface area contributed by atoms with Crippen molar-refractivity contribution in [2.24, 2.45) is 0 Å². The van der Waals surface area contributed by atoms with E-state index in [9.17, 15) is 9.59 Å². The van der Waals surface area contributed by atoms with Crippen LogP contribution < -0.4 is 0 Å². The molecule has 0 amide bonds. The third-order valence-corrected chi connectivity index (χ3v) is 1.77. The topological polar surface area (TPSA) is 104 Å². The molecule has 7 heteroatoms. The first-order valence-electron chi connectivity index (χ1n) is 4.55. The fraction of sp³-hybridized carbons (Fsp3) is 0.444. The molecular weight excluding hydrogens is 216 g/mol. The third-order valence-electron chi connectivity index (χ3n) is 1.77. The Morgan fingerprint density at radius 1 is 1.38 bits per heavy atom. The summed E-state index contributed by atoms with van der Waals surface area (Å²) in [5, 5.41) is 20.8. The van der Waals surface area contributed by atoms with Crippen molar-refractivity contribution in [3.05, 3.63) is 17.5 Å². The average molecular weight is 228 g/mol. The Balaban J connectivity index is 2.62. The largest absolute Gasteiger partial charge is 0.480 e. The van der Waals surface area contributed by atoms with Gasteiger partial charge >= 0.3 is 11.9 Å². The van der Waals surface area contributed by atoms with Gasteiger partial charge in [-0.05, 0) is 6.92 Å². The van der Waals surface area contributed by atoms with Crippen molar-refractivity contribution in [3.63, 3.8) is 0 Å². The number of rotatable bonds is 6. The molecule has 1 aromatic heterocycles. The molecule has 0 aromatic carbocycles.